The number of hydrogen-bond donors (Lipinski definition) is 6. The summed E-state index contributed by atoms with van der Waals surface area (Å²) in [7, 11) is 0. The van der Waals surface area contributed by atoms with E-state index < -0.39 is 49.5 Å². The molecule has 7 atom stereocenters. The van der Waals surface area contributed by atoms with Gasteiger partial charge in [-0.05, 0) is 19.3 Å². The molecule has 0 spiro atoms. The molecule has 1 amide bonds. The van der Waals surface area contributed by atoms with E-state index in [4.69, 9.17) is 9.47 Å². The van der Waals surface area contributed by atoms with E-state index in [1.165, 1.54) is 199 Å². The smallest absolute Gasteiger partial charge is 0.220 e. The monoisotopic (exact) mass is 868 g/mol. The Morgan fingerprint density at radius 2 is 0.902 bits per heavy atom. The minimum atomic E-state index is -1.56. The van der Waals surface area contributed by atoms with Gasteiger partial charge in [-0.1, -0.05) is 244 Å². The van der Waals surface area contributed by atoms with Gasteiger partial charge in [0.25, 0.3) is 0 Å². The molecule has 7 unspecified atom stereocenters. The van der Waals surface area contributed by atoms with Crippen LogP contribution in [0.4, 0.5) is 0 Å². The van der Waals surface area contributed by atoms with Crippen molar-refractivity contribution in [2.24, 2.45) is 0 Å². The van der Waals surface area contributed by atoms with Gasteiger partial charge >= 0.3 is 0 Å². The number of aliphatic hydroxyl groups is 5. The SMILES string of the molecule is CCCCCCCCCCCCCCCCCCCCCCCCCCCCCCC/C=C/C(O)C(COC1OC(CO)C(O)C(O)C1O)NC(=O)CCCCCCCCC. The van der Waals surface area contributed by atoms with Gasteiger partial charge in [0.2, 0.25) is 5.91 Å². The summed E-state index contributed by atoms with van der Waals surface area (Å²) in [4.78, 5) is 12.8. The summed E-state index contributed by atoms with van der Waals surface area (Å²) in [6.07, 6.45) is 44.7. The highest BCUT2D eigenvalue weighted by atomic mass is 16.7. The average molecular weight is 868 g/mol. The van der Waals surface area contributed by atoms with Crippen LogP contribution in [0, 0.1) is 0 Å². The van der Waals surface area contributed by atoms with Gasteiger partial charge < -0.3 is 40.3 Å². The summed E-state index contributed by atoms with van der Waals surface area (Å²) in [6, 6.07) is -0.797. The van der Waals surface area contributed by atoms with E-state index in [0.29, 0.717) is 6.42 Å². The predicted molar refractivity (Wildman–Crippen MR) is 254 cm³/mol. The van der Waals surface area contributed by atoms with Crippen LogP contribution >= 0.6 is 0 Å². The molecule has 0 bridgehead atoms. The fourth-order valence-corrected chi connectivity index (χ4v) is 8.63. The molecule has 0 aromatic heterocycles. The van der Waals surface area contributed by atoms with E-state index in [2.05, 4.69) is 19.2 Å². The maximum Gasteiger partial charge on any atom is 0.220 e. The molecule has 9 heteroatoms. The summed E-state index contributed by atoms with van der Waals surface area (Å²) in [5, 5.41) is 54.1. The topological polar surface area (TPSA) is 149 Å². The number of unbranched alkanes of at least 4 members (excludes halogenated alkanes) is 35. The van der Waals surface area contributed by atoms with Crippen LogP contribution in [-0.2, 0) is 14.3 Å². The minimum absolute atomic E-state index is 0.181. The number of ether oxygens (including phenoxy) is 2. The van der Waals surface area contributed by atoms with Gasteiger partial charge in [0.1, 0.15) is 24.4 Å². The third kappa shape index (κ3) is 33.1. The van der Waals surface area contributed by atoms with Crippen molar-refractivity contribution in [2.75, 3.05) is 13.2 Å². The van der Waals surface area contributed by atoms with Crippen molar-refractivity contribution in [3.05, 3.63) is 12.2 Å². The number of amides is 1. The maximum atomic E-state index is 12.8. The van der Waals surface area contributed by atoms with E-state index in [1.54, 1.807) is 6.08 Å². The van der Waals surface area contributed by atoms with Crippen molar-refractivity contribution >= 4 is 5.91 Å². The Morgan fingerprint density at radius 1 is 0.541 bits per heavy atom. The number of allylic oxidation sites excluding steroid dienone is 1. The summed E-state index contributed by atoms with van der Waals surface area (Å²) in [6.45, 7) is 3.74. The first-order valence-corrected chi connectivity index (χ1v) is 26.4. The van der Waals surface area contributed by atoms with Crippen molar-refractivity contribution in [1.82, 2.24) is 5.32 Å². The average Bonchev–Trinajstić information content (AvgIpc) is 3.26. The first-order valence-electron chi connectivity index (χ1n) is 26.4. The van der Waals surface area contributed by atoms with Gasteiger partial charge in [0.05, 0.1) is 25.4 Å². The van der Waals surface area contributed by atoms with Crippen LogP contribution in [0.2, 0.25) is 0 Å². The highest BCUT2D eigenvalue weighted by Crippen LogP contribution is 2.23. The van der Waals surface area contributed by atoms with Crippen LogP contribution in [-0.4, -0.2) is 87.5 Å². The van der Waals surface area contributed by atoms with Gasteiger partial charge in [0, 0.05) is 6.42 Å². The molecule has 0 aromatic carbocycles. The number of carbonyl (C=O) groups is 1. The van der Waals surface area contributed by atoms with Crippen molar-refractivity contribution < 1.29 is 39.8 Å². The standard InChI is InChI=1S/C52H101NO8/c1-3-5-7-9-11-12-13-14-15-16-17-18-19-20-21-22-23-24-25-26-27-28-29-30-31-32-33-34-36-37-39-41-46(55)45(53-48(56)42-40-38-35-10-8-6-4-2)44-60-52-51(59)50(58)49(57)47(43-54)61-52/h39,41,45-47,49-52,54-55,57-59H,3-38,40,42-44H2,1-2H3,(H,53,56)/b41-39+. The zero-order chi connectivity index (χ0) is 44.4. The van der Waals surface area contributed by atoms with Gasteiger partial charge in [-0.3, -0.25) is 4.79 Å². The Morgan fingerprint density at radius 3 is 1.28 bits per heavy atom. The summed E-state index contributed by atoms with van der Waals surface area (Å²) < 4.78 is 11.2. The molecule has 1 saturated heterocycles. The summed E-state index contributed by atoms with van der Waals surface area (Å²) >= 11 is 0. The molecule has 1 aliphatic rings. The molecule has 0 radical (unpaired) electrons. The van der Waals surface area contributed by atoms with Crippen molar-refractivity contribution in [3.63, 3.8) is 0 Å². The van der Waals surface area contributed by atoms with Crippen molar-refractivity contribution in [3.8, 4) is 0 Å². The highest BCUT2D eigenvalue weighted by Gasteiger charge is 2.44. The van der Waals surface area contributed by atoms with E-state index in [9.17, 15) is 30.3 Å². The Labute approximate surface area is 376 Å². The van der Waals surface area contributed by atoms with Gasteiger partial charge in [-0.2, -0.15) is 0 Å². The molecule has 1 fully saturated rings. The van der Waals surface area contributed by atoms with E-state index >= 15 is 0 Å². The number of aliphatic hydroxyl groups excluding tert-OH is 5. The molecule has 61 heavy (non-hydrogen) atoms. The largest absolute Gasteiger partial charge is 0.394 e. The highest BCUT2D eigenvalue weighted by molar-refractivity contribution is 5.76. The van der Waals surface area contributed by atoms with E-state index in [1.807, 2.05) is 6.08 Å². The molecular formula is C52H101NO8. The lowest BCUT2D eigenvalue weighted by Gasteiger charge is -2.40. The maximum absolute atomic E-state index is 12.8. The molecule has 1 heterocycles. The lowest BCUT2D eigenvalue weighted by atomic mass is 9.99. The van der Waals surface area contributed by atoms with E-state index in [-0.39, 0.29) is 12.5 Å². The third-order valence-corrected chi connectivity index (χ3v) is 12.9. The molecular weight excluding hydrogens is 767 g/mol. The zero-order valence-electron chi connectivity index (χ0n) is 39.9. The first kappa shape index (κ1) is 57.9. The number of rotatable bonds is 45. The lowest BCUT2D eigenvalue weighted by molar-refractivity contribution is -0.302. The van der Waals surface area contributed by atoms with Crippen LogP contribution < -0.4 is 5.32 Å². The van der Waals surface area contributed by atoms with E-state index in [0.717, 1.165) is 38.5 Å². The second-order valence-corrected chi connectivity index (χ2v) is 18.7. The van der Waals surface area contributed by atoms with Gasteiger partial charge in [0.15, 0.2) is 6.29 Å². The lowest BCUT2D eigenvalue weighted by Crippen LogP contribution is -2.60. The number of hydrogen-bond acceptors (Lipinski definition) is 8. The van der Waals surface area contributed by atoms with Crippen LogP contribution in [0.1, 0.15) is 258 Å². The fraction of sp³-hybridized carbons (Fsp3) is 0.942. The Bertz CT molecular complexity index is 966. The minimum Gasteiger partial charge on any atom is -0.394 e. The van der Waals surface area contributed by atoms with Crippen LogP contribution in [0.15, 0.2) is 12.2 Å². The normalized spacial score (nSPS) is 20.4. The number of carbonyl (C=O) groups excluding carboxylic acids is 1. The Kier molecular flexibility index (Phi) is 40.7. The van der Waals surface area contributed by atoms with Crippen LogP contribution in [0.5, 0.6) is 0 Å². The first-order chi connectivity index (χ1) is 29.8. The molecule has 0 aromatic rings. The Hall–Kier alpha value is -1.07. The number of nitrogens with one attached hydrogen (secondary N) is 1. The molecule has 1 rings (SSSR count). The molecule has 0 aliphatic carbocycles. The zero-order valence-corrected chi connectivity index (χ0v) is 39.9. The summed E-state index contributed by atoms with van der Waals surface area (Å²) in [5.41, 5.74) is 0. The molecule has 9 nitrogen and oxygen atoms in total. The van der Waals surface area contributed by atoms with Crippen molar-refractivity contribution in [2.45, 2.75) is 301 Å². The fourth-order valence-electron chi connectivity index (χ4n) is 8.63. The molecule has 1 aliphatic heterocycles. The van der Waals surface area contributed by atoms with Gasteiger partial charge in [-0.25, -0.2) is 0 Å². The van der Waals surface area contributed by atoms with Gasteiger partial charge in [-0.15, -0.1) is 0 Å². The molecule has 0 saturated carbocycles. The second kappa shape index (κ2) is 42.9. The second-order valence-electron chi connectivity index (χ2n) is 18.7. The molecule has 362 valence electrons. The Balaban J connectivity index is 2.08. The van der Waals surface area contributed by atoms with Crippen LogP contribution in [0.25, 0.3) is 0 Å². The third-order valence-electron chi connectivity index (χ3n) is 12.9. The van der Waals surface area contributed by atoms with Crippen LogP contribution in [0.3, 0.4) is 0 Å². The summed E-state index contributed by atoms with van der Waals surface area (Å²) in [5.74, 6) is -0.181. The quantitative estimate of drug-likeness (QED) is 0.0262. The molecule has 6 N–H and O–H groups in total. The predicted octanol–water partition coefficient (Wildman–Crippen LogP) is 12.1. The van der Waals surface area contributed by atoms with Crippen molar-refractivity contribution in [1.29, 1.82) is 0 Å².